The molecule has 2 rings (SSSR count). The number of nitrogens with two attached hydrogens (primary N) is 1. The second kappa shape index (κ2) is 5.19. The van der Waals surface area contributed by atoms with Gasteiger partial charge in [0.2, 0.25) is 0 Å². The van der Waals surface area contributed by atoms with E-state index in [1.807, 2.05) is 6.07 Å². The molecule has 0 bridgehead atoms. The molecule has 17 heavy (non-hydrogen) atoms. The molecule has 3 N–H and O–H groups in total. The largest absolute Gasteiger partial charge is 0.391 e. The summed E-state index contributed by atoms with van der Waals surface area (Å²) in [5, 5.41) is 10.3. The van der Waals surface area contributed by atoms with Gasteiger partial charge in [0.1, 0.15) is 0 Å². The second-order valence-corrected chi connectivity index (χ2v) is 5.40. The van der Waals surface area contributed by atoms with Gasteiger partial charge >= 0.3 is 0 Å². The van der Waals surface area contributed by atoms with Crippen LogP contribution in [0.1, 0.15) is 48.4 Å². The zero-order valence-electron chi connectivity index (χ0n) is 10.8. The zero-order chi connectivity index (χ0) is 12.4. The predicted octanol–water partition coefficient (Wildman–Crippen LogP) is 2.85. The van der Waals surface area contributed by atoms with Crippen molar-refractivity contribution in [1.82, 2.24) is 0 Å². The first-order chi connectivity index (χ1) is 8.09. The zero-order valence-corrected chi connectivity index (χ0v) is 10.8. The number of hydrogen-bond acceptors (Lipinski definition) is 2. The van der Waals surface area contributed by atoms with E-state index in [1.165, 1.54) is 24.0 Å². The molecule has 0 amide bonds. The molecule has 94 valence electrons. The lowest BCUT2D eigenvalue weighted by Gasteiger charge is -2.25. The highest BCUT2D eigenvalue weighted by atomic mass is 16.3. The molecule has 0 spiro atoms. The Bertz CT molecular complexity index is 383. The fraction of sp³-hybridized carbons (Fsp3) is 0.600. The molecule has 0 aliphatic heterocycles. The van der Waals surface area contributed by atoms with Crippen LogP contribution in [0.4, 0.5) is 0 Å². The molecule has 2 nitrogen and oxygen atoms in total. The first kappa shape index (κ1) is 12.6. The minimum absolute atomic E-state index is 0.239. The first-order valence-corrected chi connectivity index (χ1v) is 6.60. The summed E-state index contributed by atoms with van der Waals surface area (Å²) in [6.45, 7) is 4.19. The van der Waals surface area contributed by atoms with Crippen LogP contribution in [0.5, 0.6) is 0 Å². The third-order valence-corrected chi connectivity index (χ3v) is 4.17. The Kier molecular flexibility index (Phi) is 3.85. The molecule has 0 aromatic heterocycles. The molecule has 1 aliphatic rings. The molecule has 0 radical (unpaired) electrons. The standard InChI is InChI=1S/C15H23NO/c1-10-7-8-13(9-11(10)2)14(16)15(17)12-5-3-4-6-12/h7-9,12,14-15,17H,3-6,16H2,1-2H3/t14-,15+/m0/s1. The summed E-state index contributed by atoms with van der Waals surface area (Å²) in [7, 11) is 0. The number of benzene rings is 1. The Morgan fingerprint density at radius 2 is 1.82 bits per heavy atom. The number of aryl methyl sites for hydroxylation is 2. The van der Waals surface area contributed by atoms with Crippen LogP contribution in [0, 0.1) is 19.8 Å². The minimum Gasteiger partial charge on any atom is -0.391 e. The smallest absolute Gasteiger partial charge is 0.0760 e. The van der Waals surface area contributed by atoms with E-state index in [9.17, 15) is 5.11 Å². The summed E-state index contributed by atoms with van der Waals surface area (Å²) in [5.74, 6) is 0.395. The van der Waals surface area contributed by atoms with E-state index in [-0.39, 0.29) is 12.1 Å². The van der Waals surface area contributed by atoms with Gasteiger partial charge in [0.05, 0.1) is 12.1 Å². The molecule has 0 unspecified atom stereocenters. The van der Waals surface area contributed by atoms with E-state index >= 15 is 0 Å². The van der Waals surface area contributed by atoms with Crippen LogP contribution >= 0.6 is 0 Å². The Hall–Kier alpha value is -0.860. The molecule has 0 heterocycles. The number of aliphatic hydroxyl groups excluding tert-OH is 1. The molecular weight excluding hydrogens is 210 g/mol. The van der Waals surface area contributed by atoms with E-state index in [0.717, 1.165) is 18.4 Å². The van der Waals surface area contributed by atoms with Crippen LogP contribution in [0.3, 0.4) is 0 Å². The van der Waals surface area contributed by atoms with Crippen molar-refractivity contribution in [3.8, 4) is 0 Å². The van der Waals surface area contributed by atoms with Gasteiger partial charge in [0.15, 0.2) is 0 Å². The normalized spacial score (nSPS) is 20.5. The molecular formula is C15H23NO. The number of aliphatic hydroxyl groups is 1. The Morgan fingerprint density at radius 3 is 2.41 bits per heavy atom. The van der Waals surface area contributed by atoms with Crippen LogP contribution in [0.25, 0.3) is 0 Å². The fourth-order valence-electron chi connectivity index (χ4n) is 2.76. The van der Waals surface area contributed by atoms with Crippen molar-refractivity contribution in [1.29, 1.82) is 0 Å². The lowest BCUT2D eigenvalue weighted by Crippen LogP contribution is -2.32. The predicted molar refractivity (Wildman–Crippen MR) is 70.8 cm³/mol. The Morgan fingerprint density at radius 1 is 1.18 bits per heavy atom. The van der Waals surface area contributed by atoms with Gasteiger partial charge in [-0.3, -0.25) is 0 Å². The SMILES string of the molecule is Cc1ccc([C@H](N)[C@H](O)C2CCCC2)cc1C. The molecule has 1 aromatic rings. The van der Waals surface area contributed by atoms with Crippen molar-refractivity contribution in [3.63, 3.8) is 0 Å². The third-order valence-electron chi connectivity index (χ3n) is 4.17. The summed E-state index contributed by atoms with van der Waals surface area (Å²) in [6.07, 6.45) is 4.34. The van der Waals surface area contributed by atoms with Gasteiger partial charge in [-0.05, 0) is 49.3 Å². The van der Waals surface area contributed by atoms with Gasteiger partial charge in [0.25, 0.3) is 0 Å². The van der Waals surface area contributed by atoms with Crippen LogP contribution in [-0.4, -0.2) is 11.2 Å². The van der Waals surface area contributed by atoms with Gasteiger partial charge < -0.3 is 10.8 Å². The van der Waals surface area contributed by atoms with Crippen molar-refractivity contribution in [2.24, 2.45) is 11.7 Å². The van der Waals surface area contributed by atoms with Crippen molar-refractivity contribution in [3.05, 3.63) is 34.9 Å². The number of rotatable bonds is 3. The minimum atomic E-state index is -0.389. The Labute approximate surface area is 104 Å². The lowest BCUT2D eigenvalue weighted by atomic mass is 9.90. The summed E-state index contributed by atoms with van der Waals surface area (Å²) >= 11 is 0. The van der Waals surface area contributed by atoms with Crippen molar-refractivity contribution < 1.29 is 5.11 Å². The van der Waals surface area contributed by atoms with E-state index in [4.69, 9.17) is 5.73 Å². The molecule has 0 saturated heterocycles. The summed E-state index contributed by atoms with van der Waals surface area (Å²) in [5.41, 5.74) is 9.77. The van der Waals surface area contributed by atoms with Gasteiger partial charge in [0, 0.05) is 0 Å². The topological polar surface area (TPSA) is 46.2 Å². The van der Waals surface area contributed by atoms with E-state index in [0.29, 0.717) is 5.92 Å². The summed E-state index contributed by atoms with van der Waals surface area (Å²) in [6, 6.07) is 6.01. The van der Waals surface area contributed by atoms with Crippen molar-refractivity contribution in [2.45, 2.75) is 51.7 Å². The highest BCUT2D eigenvalue weighted by Crippen LogP contribution is 2.32. The average Bonchev–Trinajstić information content (AvgIpc) is 2.84. The monoisotopic (exact) mass is 233 g/mol. The van der Waals surface area contributed by atoms with Crippen LogP contribution in [-0.2, 0) is 0 Å². The van der Waals surface area contributed by atoms with Crippen molar-refractivity contribution in [2.75, 3.05) is 0 Å². The first-order valence-electron chi connectivity index (χ1n) is 6.60. The molecule has 1 aliphatic carbocycles. The molecule has 1 fully saturated rings. The summed E-state index contributed by atoms with van der Waals surface area (Å²) in [4.78, 5) is 0. The Balaban J connectivity index is 2.12. The van der Waals surface area contributed by atoms with Crippen LogP contribution < -0.4 is 5.73 Å². The van der Waals surface area contributed by atoms with Crippen LogP contribution in [0.2, 0.25) is 0 Å². The van der Waals surface area contributed by atoms with E-state index < -0.39 is 0 Å². The molecule has 2 atom stereocenters. The van der Waals surface area contributed by atoms with Gasteiger partial charge in [-0.15, -0.1) is 0 Å². The lowest BCUT2D eigenvalue weighted by molar-refractivity contribution is 0.0845. The maximum Gasteiger partial charge on any atom is 0.0760 e. The fourth-order valence-corrected chi connectivity index (χ4v) is 2.76. The number of hydrogen-bond donors (Lipinski definition) is 2. The quantitative estimate of drug-likeness (QED) is 0.843. The highest BCUT2D eigenvalue weighted by molar-refractivity contribution is 5.32. The summed E-state index contributed by atoms with van der Waals surface area (Å²) < 4.78 is 0. The van der Waals surface area contributed by atoms with E-state index in [1.54, 1.807) is 0 Å². The second-order valence-electron chi connectivity index (χ2n) is 5.40. The average molecular weight is 233 g/mol. The maximum atomic E-state index is 10.3. The van der Waals surface area contributed by atoms with Gasteiger partial charge in [-0.1, -0.05) is 31.0 Å². The molecule has 2 heteroatoms. The molecule has 1 saturated carbocycles. The van der Waals surface area contributed by atoms with Gasteiger partial charge in [-0.2, -0.15) is 0 Å². The van der Waals surface area contributed by atoms with Crippen LogP contribution in [0.15, 0.2) is 18.2 Å². The third kappa shape index (κ3) is 2.70. The van der Waals surface area contributed by atoms with Gasteiger partial charge in [-0.25, -0.2) is 0 Å². The molecule has 1 aromatic carbocycles. The maximum absolute atomic E-state index is 10.3. The van der Waals surface area contributed by atoms with E-state index in [2.05, 4.69) is 26.0 Å². The highest BCUT2D eigenvalue weighted by Gasteiger charge is 2.28. The van der Waals surface area contributed by atoms with Crippen molar-refractivity contribution >= 4 is 0 Å².